The van der Waals surface area contributed by atoms with Gasteiger partial charge in [0.1, 0.15) is 0 Å². The highest BCUT2D eigenvalue weighted by Gasteiger charge is 2.50. The third-order valence-corrected chi connectivity index (χ3v) is 10.6. The highest BCUT2D eigenvalue weighted by Crippen LogP contribution is 2.39. The second-order valence-corrected chi connectivity index (χ2v) is 13.5. The van der Waals surface area contributed by atoms with Crippen LogP contribution in [0.2, 0.25) is 18.1 Å². The normalized spacial score (nSPS) is 21.7. The van der Waals surface area contributed by atoms with Crippen molar-refractivity contribution in [3.63, 3.8) is 0 Å². The van der Waals surface area contributed by atoms with Gasteiger partial charge in [0.05, 0.1) is 19.8 Å². The monoisotopic (exact) mass is 377 g/mol. The molecule has 1 aromatic carbocycles. The van der Waals surface area contributed by atoms with Gasteiger partial charge < -0.3 is 14.2 Å². The molecule has 2 rings (SSSR count). The number of hydrogen-bond donors (Lipinski definition) is 0. The lowest BCUT2D eigenvalue weighted by Crippen LogP contribution is -2.48. The summed E-state index contributed by atoms with van der Waals surface area (Å²) in [5.41, 5.74) is 1.80. The predicted octanol–water partition coefficient (Wildman–Crippen LogP) is 3.98. The van der Waals surface area contributed by atoms with Gasteiger partial charge in [0.15, 0.2) is 25.7 Å². The molecule has 0 amide bonds. The van der Waals surface area contributed by atoms with Crippen molar-refractivity contribution in [2.75, 3.05) is 7.11 Å². The Morgan fingerprint density at radius 3 is 2.42 bits per heavy atom. The summed E-state index contributed by atoms with van der Waals surface area (Å²) in [4.78, 5) is 16.9. The van der Waals surface area contributed by atoms with Gasteiger partial charge in [-0.25, -0.2) is 9.79 Å². The van der Waals surface area contributed by atoms with E-state index < -0.39 is 20.2 Å². The number of hydrogen-bond acceptors (Lipinski definition) is 5. The number of aliphatic imine (C=N–C) groups is 1. The predicted molar refractivity (Wildman–Crippen MR) is 106 cm³/mol. The summed E-state index contributed by atoms with van der Waals surface area (Å²) in [6.45, 7) is 13.4. The third-order valence-electron chi connectivity index (χ3n) is 5.49. The molecular formula is C20H31NO4Si. The quantitative estimate of drug-likeness (QED) is 0.556. The zero-order chi connectivity index (χ0) is 19.5. The minimum absolute atomic E-state index is 0.0650. The minimum Gasteiger partial charge on any atom is -0.477 e. The number of carbonyl (C=O) groups is 1. The highest BCUT2D eigenvalue weighted by molar-refractivity contribution is 7.06. The first-order valence-electron chi connectivity index (χ1n) is 9.06. The molecular weight excluding hydrogens is 346 g/mol. The van der Waals surface area contributed by atoms with Gasteiger partial charge >= 0.3 is 5.97 Å². The molecule has 0 N–H and O–H groups in total. The van der Waals surface area contributed by atoms with Crippen LogP contribution in [-0.4, -0.2) is 44.9 Å². The zero-order valence-electron chi connectivity index (χ0n) is 16.9. The summed E-state index contributed by atoms with van der Waals surface area (Å²) in [5, 5.41) is 0.0650. The van der Waals surface area contributed by atoms with Crippen molar-refractivity contribution in [2.45, 2.75) is 70.7 Å². The van der Waals surface area contributed by atoms with Crippen LogP contribution in [0.1, 0.15) is 33.3 Å². The number of benzene rings is 1. The van der Waals surface area contributed by atoms with Crippen molar-refractivity contribution in [3.05, 3.63) is 35.9 Å². The van der Waals surface area contributed by atoms with Crippen LogP contribution in [0.5, 0.6) is 0 Å². The molecule has 0 fully saturated rings. The largest absolute Gasteiger partial charge is 0.477 e. The molecule has 0 aliphatic carbocycles. The lowest BCUT2D eigenvalue weighted by molar-refractivity contribution is -0.146. The van der Waals surface area contributed by atoms with Crippen molar-refractivity contribution in [2.24, 2.45) is 4.99 Å². The van der Waals surface area contributed by atoms with Crippen LogP contribution in [0.15, 0.2) is 35.3 Å². The Balaban J connectivity index is 2.15. The SMILES string of the molecule is COC(=O)[C@@H]1N=C([Si](C)(C)C(C)(C)C)O[C@H]1[C@H](C)OCc1ccccc1. The fourth-order valence-corrected chi connectivity index (χ4v) is 4.14. The lowest BCUT2D eigenvalue weighted by Gasteiger charge is -2.36. The van der Waals surface area contributed by atoms with E-state index in [-0.39, 0.29) is 17.1 Å². The van der Waals surface area contributed by atoms with Gasteiger partial charge in [-0.05, 0) is 17.5 Å². The van der Waals surface area contributed by atoms with Crippen LogP contribution in [0, 0.1) is 0 Å². The van der Waals surface area contributed by atoms with Crippen LogP contribution < -0.4 is 0 Å². The van der Waals surface area contributed by atoms with E-state index in [4.69, 9.17) is 14.2 Å². The molecule has 0 bridgehead atoms. The first-order valence-corrected chi connectivity index (χ1v) is 12.1. The molecule has 1 heterocycles. The van der Waals surface area contributed by atoms with E-state index in [0.29, 0.717) is 6.61 Å². The standard InChI is InChI=1S/C20H31NO4Si/c1-14(24-13-15-11-9-8-10-12-15)17-16(18(22)23-5)21-19(25-17)26(6,7)20(2,3)4/h8-12,14,16-17H,13H2,1-7H3/t14-,16+,17-/m0/s1. The maximum absolute atomic E-state index is 12.3. The molecule has 0 spiro atoms. The van der Waals surface area contributed by atoms with Crippen LogP contribution in [0.4, 0.5) is 0 Å². The van der Waals surface area contributed by atoms with Gasteiger partial charge in [-0.1, -0.05) is 64.2 Å². The van der Waals surface area contributed by atoms with Crippen molar-refractivity contribution in [3.8, 4) is 0 Å². The molecule has 5 nitrogen and oxygen atoms in total. The number of nitrogens with zero attached hydrogens (tertiary/aromatic N) is 1. The molecule has 0 saturated carbocycles. The summed E-state index contributed by atoms with van der Waals surface area (Å²) in [6.07, 6.45) is -0.749. The smallest absolute Gasteiger partial charge is 0.334 e. The Hall–Kier alpha value is -1.66. The van der Waals surface area contributed by atoms with Crippen LogP contribution >= 0.6 is 0 Å². The molecule has 6 heteroatoms. The molecule has 1 aliphatic heterocycles. The minimum atomic E-state index is -1.98. The maximum atomic E-state index is 12.3. The lowest BCUT2D eigenvalue weighted by atomic mass is 10.1. The fourth-order valence-electron chi connectivity index (χ4n) is 2.61. The summed E-state index contributed by atoms with van der Waals surface area (Å²) >= 11 is 0. The Labute approximate surface area is 157 Å². The van der Waals surface area contributed by atoms with E-state index in [1.807, 2.05) is 37.3 Å². The Kier molecular flexibility index (Phi) is 6.29. The summed E-state index contributed by atoms with van der Waals surface area (Å²) in [5.74, 6) is -0.376. The van der Waals surface area contributed by atoms with Crippen molar-refractivity contribution < 1.29 is 19.0 Å². The average molecular weight is 378 g/mol. The van der Waals surface area contributed by atoms with Crippen molar-refractivity contribution in [1.82, 2.24) is 0 Å². The van der Waals surface area contributed by atoms with Gasteiger partial charge in [0, 0.05) is 0 Å². The Morgan fingerprint density at radius 2 is 1.88 bits per heavy atom. The molecule has 0 radical (unpaired) electrons. The molecule has 3 atom stereocenters. The molecule has 0 saturated heterocycles. The van der Waals surface area contributed by atoms with Gasteiger partial charge in [0.2, 0.25) is 0 Å². The number of ether oxygens (including phenoxy) is 3. The van der Waals surface area contributed by atoms with Gasteiger partial charge in [0.25, 0.3) is 0 Å². The van der Waals surface area contributed by atoms with E-state index in [1.165, 1.54) is 7.11 Å². The molecule has 0 unspecified atom stereocenters. The molecule has 1 aliphatic rings. The van der Waals surface area contributed by atoms with Gasteiger partial charge in [-0.2, -0.15) is 0 Å². The Morgan fingerprint density at radius 1 is 1.27 bits per heavy atom. The second-order valence-electron chi connectivity index (χ2n) is 8.36. The Bertz CT molecular complexity index is 652. The number of esters is 1. The summed E-state index contributed by atoms with van der Waals surface area (Å²) in [6, 6.07) is 9.28. The number of methoxy groups -OCH3 is 1. The van der Waals surface area contributed by atoms with E-state index in [2.05, 4.69) is 38.9 Å². The number of carbonyl (C=O) groups excluding carboxylic acids is 1. The molecule has 26 heavy (non-hydrogen) atoms. The molecule has 1 aromatic rings. The fraction of sp³-hybridized carbons (Fsp3) is 0.600. The average Bonchev–Trinajstić information content (AvgIpc) is 3.05. The van der Waals surface area contributed by atoms with Crippen LogP contribution in [0.3, 0.4) is 0 Å². The van der Waals surface area contributed by atoms with Gasteiger partial charge in [-0.3, -0.25) is 0 Å². The van der Waals surface area contributed by atoms with Crippen LogP contribution in [-0.2, 0) is 25.6 Å². The first kappa shape index (κ1) is 20.6. The molecule has 144 valence electrons. The summed E-state index contributed by atoms with van der Waals surface area (Å²) < 4.78 is 17.2. The first-order chi connectivity index (χ1) is 12.1. The van der Waals surface area contributed by atoms with Crippen LogP contribution in [0.25, 0.3) is 0 Å². The highest BCUT2D eigenvalue weighted by atomic mass is 28.3. The van der Waals surface area contributed by atoms with Gasteiger partial charge in [-0.15, -0.1) is 0 Å². The third kappa shape index (κ3) is 4.35. The maximum Gasteiger partial charge on any atom is 0.334 e. The van der Waals surface area contributed by atoms with Crippen molar-refractivity contribution >= 4 is 19.6 Å². The zero-order valence-corrected chi connectivity index (χ0v) is 17.9. The van der Waals surface area contributed by atoms with E-state index >= 15 is 0 Å². The molecule has 0 aromatic heterocycles. The van der Waals surface area contributed by atoms with Crippen molar-refractivity contribution in [1.29, 1.82) is 0 Å². The number of rotatable bonds is 6. The summed E-state index contributed by atoms with van der Waals surface area (Å²) in [7, 11) is -0.599. The second kappa shape index (κ2) is 7.92. The van der Waals surface area contributed by atoms with E-state index in [0.717, 1.165) is 11.1 Å². The van der Waals surface area contributed by atoms with E-state index in [9.17, 15) is 4.79 Å². The van der Waals surface area contributed by atoms with E-state index in [1.54, 1.807) is 0 Å². The topological polar surface area (TPSA) is 57.1 Å².